The van der Waals surface area contributed by atoms with E-state index in [2.05, 4.69) is 5.32 Å². The number of hydrogen-bond acceptors (Lipinski definition) is 7. The highest BCUT2D eigenvalue weighted by Gasteiger charge is 2.36. The summed E-state index contributed by atoms with van der Waals surface area (Å²) >= 11 is 0.739. The number of nitrogens with one attached hydrogen (secondary N) is 1. The van der Waals surface area contributed by atoms with Gasteiger partial charge in [-0.25, -0.2) is 12.8 Å². The number of fused-ring (bicyclic) bond motifs is 2. The van der Waals surface area contributed by atoms with Crippen LogP contribution in [0.3, 0.4) is 0 Å². The number of imide groups is 1. The molecule has 1 fully saturated rings. The molecule has 0 aromatic heterocycles. The zero-order valence-electron chi connectivity index (χ0n) is 18.9. The number of hydrogen-bond donors (Lipinski definition) is 1. The van der Waals surface area contributed by atoms with Crippen LogP contribution in [0.25, 0.3) is 6.08 Å². The molecule has 1 N–H and O–H groups in total. The normalized spacial score (nSPS) is 17.1. The van der Waals surface area contributed by atoms with Gasteiger partial charge in [-0.3, -0.25) is 24.1 Å². The number of rotatable bonds is 5. The van der Waals surface area contributed by atoms with Gasteiger partial charge in [-0.05, 0) is 65.9 Å². The first kappa shape index (κ1) is 24.6. The van der Waals surface area contributed by atoms with E-state index >= 15 is 0 Å². The number of carbonyl (C=O) groups is 4. The molecule has 0 saturated carbocycles. The number of thioether (sulfide) groups is 1. The van der Waals surface area contributed by atoms with Crippen molar-refractivity contribution in [3.05, 3.63) is 99.7 Å². The van der Waals surface area contributed by atoms with Gasteiger partial charge in [-0.2, -0.15) is 0 Å². The standard InChI is InChI=1S/C26H17FN2O6S2/c27-17-8-5-15(6-9-17)13-20-25(32)29(26(33)36-20)12-11-28-24(31)16-7-10-19-22(14-16)37(34,35)21-4-2-1-3-18(21)23(19)30/h1-10,13-14H,11-12H2,(H,28,31). The Kier molecular flexibility index (Phi) is 6.26. The van der Waals surface area contributed by atoms with Crippen molar-refractivity contribution in [3.8, 4) is 0 Å². The lowest BCUT2D eigenvalue weighted by molar-refractivity contribution is -0.122. The van der Waals surface area contributed by atoms with E-state index in [-0.39, 0.29) is 44.5 Å². The van der Waals surface area contributed by atoms with Gasteiger partial charge in [0.1, 0.15) is 5.82 Å². The average molecular weight is 537 g/mol. The number of carbonyl (C=O) groups excluding carboxylic acids is 4. The third-order valence-electron chi connectivity index (χ3n) is 5.86. The Bertz CT molecular complexity index is 1630. The van der Waals surface area contributed by atoms with Crippen molar-refractivity contribution in [2.24, 2.45) is 0 Å². The van der Waals surface area contributed by atoms with E-state index in [0.717, 1.165) is 22.7 Å². The maximum Gasteiger partial charge on any atom is 0.293 e. The van der Waals surface area contributed by atoms with Gasteiger partial charge in [-0.15, -0.1) is 0 Å². The molecule has 2 aliphatic rings. The summed E-state index contributed by atoms with van der Waals surface area (Å²) in [5.74, 6) is -2.03. The van der Waals surface area contributed by atoms with Crippen LogP contribution in [-0.2, 0) is 14.6 Å². The van der Waals surface area contributed by atoms with Crippen LogP contribution >= 0.6 is 11.8 Å². The fourth-order valence-electron chi connectivity index (χ4n) is 4.01. The average Bonchev–Trinajstić information content (AvgIpc) is 3.15. The number of ketones is 1. The SMILES string of the molecule is O=C(NCCN1C(=O)SC(=Cc2ccc(F)cc2)C1=O)c1ccc2c(c1)S(=O)(=O)c1ccccc1C2=O. The maximum absolute atomic E-state index is 13.1. The van der Waals surface area contributed by atoms with Crippen LogP contribution in [0.1, 0.15) is 31.8 Å². The summed E-state index contributed by atoms with van der Waals surface area (Å²) in [4.78, 5) is 51.2. The highest BCUT2D eigenvalue weighted by atomic mass is 32.2. The lowest BCUT2D eigenvalue weighted by Gasteiger charge is -2.19. The fraction of sp³-hybridized carbons (Fsp3) is 0.0769. The second-order valence-corrected chi connectivity index (χ2v) is 11.1. The van der Waals surface area contributed by atoms with Crippen molar-refractivity contribution in [1.29, 1.82) is 0 Å². The van der Waals surface area contributed by atoms with Gasteiger partial charge >= 0.3 is 0 Å². The van der Waals surface area contributed by atoms with Crippen molar-refractivity contribution < 1.29 is 32.0 Å². The van der Waals surface area contributed by atoms with E-state index in [4.69, 9.17) is 0 Å². The summed E-state index contributed by atoms with van der Waals surface area (Å²) in [5, 5.41) is 2.06. The Labute approximate surface area is 215 Å². The summed E-state index contributed by atoms with van der Waals surface area (Å²) in [6, 6.07) is 15.1. The van der Waals surface area contributed by atoms with Crippen LogP contribution in [0.4, 0.5) is 9.18 Å². The minimum Gasteiger partial charge on any atom is -0.350 e. The van der Waals surface area contributed by atoms with Crippen LogP contribution in [0, 0.1) is 5.82 Å². The molecule has 0 bridgehead atoms. The van der Waals surface area contributed by atoms with Gasteiger partial charge in [-0.1, -0.05) is 24.3 Å². The van der Waals surface area contributed by atoms with E-state index in [9.17, 15) is 32.0 Å². The summed E-state index contributed by atoms with van der Waals surface area (Å²) in [6.07, 6.45) is 1.48. The largest absolute Gasteiger partial charge is 0.350 e. The van der Waals surface area contributed by atoms with Gasteiger partial charge < -0.3 is 5.32 Å². The van der Waals surface area contributed by atoms with Crippen LogP contribution in [0.15, 0.2) is 81.4 Å². The topological polar surface area (TPSA) is 118 Å². The van der Waals surface area contributed by atoms with Crippen molar-refractivity contribution in [2.75, 3.05) is 13.1 Å². The molecule has 1 saturated heterocycles. The van der Waals surface area contributed by atoms with Crippen LogP contribution < -0.4 is 5.32 Å². The Hall–Kier alpha value is -4.09. The third-order valence-corrected chi connectivity index (χ3v) is 8.62. The first-order valence-electron chi connectivity index (χ1n) is 11.0. The molecule has 37 heavy (non-hydrogen) atoms. The molecule has 186 valence electrons. The molecule has 2 aliphatic heterocycles. The molecule has 2 heterocycles. The lowest BCUT2D eigenvalue weighted by Crippen LogP contribution is -2.37. The van der Waals surface area contributed by atoms with Crippen LogP contribution in [-0.4, -0.2) is 49.2 Å². The van der Waals surface area contributed by atoms with E-state index in [1.54, 1.807) is 6.07 Å². The first-order valence-corrected chi connectivity index (χ1v) is 13.3. The number of sulfone groups is 1. The summed E-state index contributed by atoms with van der Waals surface area (Å²) < 4.78 is 39.2. The minimum absolute atomic E-state index is 0.0130. The molecule has 11 heteroatoms. The van der Waals surface area contributed by atoms with Crippen molar-refractivity contribution in [2.45, 2.75) is 9.79 Å². The summed E-state index contributed by atoms with van der Waals surface area (Å²) in [7, 11) is -4.00. The predicted octanol–water partition coefficient (Wildman–Crippen LogP) is 3.67. The molecule has 8 nitrogen and oxygen atoms in total. The quantitative estimate of drug-likeness (QED) is 0.387. The van der Waals surface area contributed by atoms with Gasteiger partial charge in [0, 0.05) is 29.8 Å². The van der Waals surface area contributed by atoms with Crippen molar-refractivity contribution in [1.82, 2.24) is 10.2 Å². The fourth-order valence-corrected chi connectivity index (χ4v) is 6.55. The molecular weight excluding hydrogens is 519 g/mol. The molecular formula is C26H17FN2O6S2. The molecule has 0 aliphatic carbocycles. The lowest BCUT2D eigenvalue weighted by atomic mass is 10.0. The first-order chi connectivity index (χ1) is 17.7. The molecule has 5 rings (SSSR count). The maximum atomic E-state index is 13.1. The van der Waals surface area contributed by atoms with Gasteiger partial charge in [0.05, 0.1) is 14.7 Å². The molecule has 3 aromatic carbocycles. The highest BCUT2D eigenvalue weighted by Crippen LogP contribution is 2.35. The Morgan fingerprint density at radius 1 is 0.946 bits per heavy atom. The number of benzene rings is 3. The Morgan fingerprint density at radius 2 is 1.65 bits per heavy atom. The van der Waals surface area contributed by atoms with Gasteiger partial charge in [0.2, 0.25) is 9.84 Å². The minimum atomic E-state index is -4.00. The molecule has 3 aromatic rings. The van der Waals surface area contributed by atoms with E-state index in [1.807, 2.05) is 0 Å². The zero-order valence-corrected chi connectivity index (χ0v) is 20.6. The molecule has 3 amide bonds. The number of nitrogens with zero attached hydrogens (tertiary/aromatic N) is 1. The van der Waals surface area contributed by atoms with E-state index < -0.39 is 38.5 Å². The summed E-state index contributed by atoms with van der Waals surface area (Å²) in [6.45, 7) is -0.182. The highest BCUT2D eigenvalue weighted by molar-refractivity contribution is 8.18. The molecule has 0 radical (unpaired) electrons. The smallest absolute Gasteiger partial charge is 0.293 e. The third kappa shape index (κ3) is 4.47. The molecule has 0 spiro atoms. The van der Waals surface area contributed by atoms with Crippen LogP contribution in [0.5, 0.6) is 0 Å². The van der Waals surface area contributed by atoms with E-state index in [1.165, 1.54) is 60.7 Å². The van der Waals surface area contributed by atoms with E-state index in [0.29, 0.717) is 5.56 Å². The Balaban J connectivity index is 1.27. The van der Waals surface area contributed by atoms with Crippen molar-refractivity contribution in [3.63, 3.8) is 0 Å². The monoisotopic (exact) mass is 536 g/mol. The van der Waals surface area contributed by atoms with Crippen LogP contribution in [0.2, 0.25) is 0 Å². The number of halogens is 1. The zero-order chi connectivity index (χ0) is 26.3. The Morgan fingerprint density at radius 3 is 2.41 bits per heavy atom. The summed E-state index contributed by atoms with van der Waals surface area (Å²) in [5.41, 5.74) is 0.641. The van der Waals surface area contributed by atoms with Crippen molar-refractivity contribution >= 4 is 50.5 Å². The second-order valence-electron chi connectivity index (χ2n) is 8.18. The number of amides is 3. The molecule has 0 atom stereocenters. The van der Waals surface area contributed by atoms with Gasteiger partial charge in [0.25, 0.3) is 17.1 Å². The van der Waals surface area contributed by atoms with Gasteiger partial charge in [0.15, 0.2) is 5.78 Å². The molecule has 0 unspecified atom stereocenters. The predicted molar refractivity (Wildman–Crippen MR) is 133 cm³/mol. The second kappa shape index (κ2) is 9.41.